The second-order valence-corrected chi connectivity index (χ2v) is 10.6. The number of para-hydroxylation sites is 1. The van der Waals surface area contributed by atoms with Crippen LogP contribution in [0, 0.1) is 5.92 Å². The van der Waals surface area contributed by atoms with E-state index >= 15 is 0 Å². The number of ether oxygens (including phenoxy) is 1. The number of nitrogens with zero attached hydrogens (tertiary/aromatic N) is 2. The van der Waals surface area contributed by atoms with Crippen LogP contribution in [0.4, 0.5) is 5.82 Å². The maximum atomic E-state index is 13.4. The predicted molar refractivity (Wildman–Crippen MR) is 135 cm³/mol. The van der Waals surface area contributed by atoms with E-state index in [1.807, 2.05) is 6.07 Å². The molecule has 1 fully saturated rings. The van der Waals surface area contributed by atoms with Gasteiger partial charge in [-0.1, -0.05) is 29.8 Å². The average molecular weight is 537 g/mol. The van der Waals surface area contributed by atoms with E-state index in [1.165, 1.54) is 19.6 Å². The first-order valence-corrected chi connectivity index (χ1v) is 13.2. The highest BCUT2D eigenvalue weighted by Gasteiger charge is 2.28. The van der Waals surface area contributed by atoms with Crippen molar-refractivity contribution in [3.8, 4) is 5.75 Å². The van der Waals surface area contributed by atoms with Gasteiger partial charge in [-0.05, 0) is 37.3 Å². The molecule has 35 heavy (non-hydrogen) atoms. The van der Waals surface area contributed by atoms with E-state index < -0.39 is 17.4 Å². The second-order valence-electron chi connectivity index (χ2n) is 8.16. The summed E-state index contributed by atoms with van der Waals surface area (Å²) >= 11 is 5.75. The molecule has 0 saturated heterocycles. The van der Waals surface area contributed by atoms with Crippen LogP contribution >= 0.6 is 22.9 Å². The Labute approximate surface area is 214 Å². The molecule has 2 aromatic heterocycles. The van der Waals surface area contributed by atoms with Gasteiger partial charge in [-0.3, -0.25) is 8.98 Å². The van der Waals surface area contributed by atoms with E-state index in [0.29, 0.717) is 44.1 Å². The molecular formula is C23H25ClN4O5S2. The van der Waals surface area contributed by atoms with Crippen LogP contribution in [0.3, 0.4) is 0 Å². The van der Waals surface area contributed by atoms with Crippen molar-refractivity contribution in [1.29, 1.82) is 0 Å². The van der Waals surface area contributed by atoms with Crippen LogP contribution in [-0.4, -0.2) is 44.8 Å². The summed E-state index contributed by atoms with van der Waals surface area (Å²) in [6, 6.07) is 8.77. The van der Waals surface area contributed by atoms with Gasteiger partial charge in [0.15, 0.2) is 0 Å². The van der Waals surface area contributed by atoms with Gasteiger partial charge in [-0.15, -0.1) is 11.3 Å². The van der Waals surface area contributed by atoms with Crippen LogP contribution in [0.15, 0.2) is 42.9 Å². The largest absolute Gasteiger partial charge is 0.496 e. The van der Waals surface area contributed by atoms with Gasteiger partial charge in [0.2, 0.25) is 17.0 Å². The summed E-state index contributed by atoms with van der Waals surface area (Å²) < 4.78 is 21.7. The molecule has 4 atom stereocenters. The zero-order valence-electron chi connectivity index (χ0n) is 18.8. The van der Waals surface area contributed by atoms with Crippen molar-refractivity contribution in [3.05, 3.63) is 68.8 Å². The van der Waals surface area contributed by atoms with E-state index in [0.717, 1.165) is 30.6 Å². The number of benzene rings is 1. The molecular weight excluding hydrogens is 512 g/mol. The Morgan fingerprint density at radius 1 is 1.37 bits per heavy atom. The number of rotatable bonds is 10. The molecule has 0 radical (unpaired) electrons. The maximum absolute atomic E-state index is 13.4. The van der Waals surface area contributed by atoms with Crippen molar-refractivity contribution in [2.75, 3.05) is 19.0 Å². The van der Waals surface area contributed by atoms with Crippen LogP contribution in [-0.2, 0) is 15.4 Å². The number of aliphatic hydroxyl groups is 1. The van der Waals surface area contributed by atoms with Gasteiger partial charge < -0.3 is 15.2 Å². The number of aliphatic hydroxyl groups excluding tert-OH is 1. The monoisotopic (exact) mass is 536 g/mol. The lowest BCUT2D eigenvalue weighted by atomic mass is 10.0. The fourth-order valence-electron chi connectivity index (χ4n) is 4.20. The molecule has 9 nitrogen and oxygen atoms in total. The predicted octanol–water partition coefficient (Wildman–Crippen LogP) is 3.65. The number of thiophene rings is 1. The fraction of sp³-hybridized carbons (Fsp3) is 0.348. The molecule has 1 saturated carbocycles. The molecule has 1 aliphatic rings. The molecule has 4 rings (SSSR count). The first kappa shape index (κ1) is 25.7. The molecule has 1 aliphatic carbocycles. The molecule has 4 unspecified atom stereocenters. The summed E-state index contributed by atoms with van der Waals surface area (Å²) in [6.45, 7) is 0.321. The minimum Gasteiger partial charge on any atom is -0.496 e. The lowest BCUT2D eigenvalue weighted by molar-refractivity contribution is 0.104. The lowest BCUT2D eigenvalue weighted by Gasteiger charge is -2.15. The number of methoxy groups -OCH3 is 1. The molecule has 4 N–H and O–H groups in total. The molecule has 0 bridgehead atoms. The minimum absolute atomic E-state index is 0.0751. The van der Waals surface area contributed by atoms with Crippen LogP contribution in [0.1, 0.15) is 51.7 Å². The number of halogens is 1. The normalized spacial score (nSPS) is 19.3. The Bertz CT molecular complexity index is 1220. The third-order valence-corrected chi connectivity index (χ3v) is 7.68. The van der Waals surface area contributed by atoms with Gasteiger partial charge in [-0.2, -0.15) is 0 Å². The Balaban J connectivity index is 1.52. The lowest BCUT2D eigenvalue weighted by Crippen LogP contribution is -2.20. The van der Waals surface area contributed by atoms with Gasteiger partial charge in [0.05, 0.1) is 28.5 Å². The number of anilines is 1. The van der Waals surface area contributed by atoms with E-state index in [4.69, 9.17) is 25.7 Å². The van der Waals surface area contributed by atoms with Crippen molar-refractivity contribution in [3.63, 3.8) is 0 Å². The van der Waals surface area contributed by atoms with Gasteiger partial charge in [0.25, 0.3) is 0 Å². The summed E-state index contributed by atoms with van der Waals surface area (Å²) in [5, 5.41) is 19.5. The third-order valence-electron chi connectivity index (χ3n) is 5.92. The summed E-state index contributed by atoms with van der Waals surface area (Å²) in [5.41, 5.74) is 1.29. The van der Waals surface area contributed by atoms with Crippen molar-refractivity contribution >= 4 is 45.8 Å². The molecule has 0 spiro atoms. The summed E-state index contributed by atoms with van der Waals surface area (Å²) in [7, 11) is 1.53. The number of ketones is 1. The van der Waals surface area contributed by atoms with Crippen molar-refractivity contribution in [2.24, 2.45) is 11.1 Å². The van der Waals surface area contributed by atoms with Gasteiger partial charge in [-0.25, -0.2) is 19.3 Å². The van der Waals surface area contributed by atoms with Crippen molar-refractivity contribution in [2.45, 2.75) is 31.4 Å². The number of hydrogen-bond acceptors (Lipinski definition) is 9. The van der Waals surface area contributed by atoms with E-state index in [1.54, 1.807) is 24.3 Å². The maximum Gasteiger partial charge on any atom is 0.231 e. The van der Waals surface area contributed by atoms with Crippen LogP contribution in [0.2, 0.25) is 4.34 Å². The minimum atomic E-state index is -1.78. The topological polar surface area (TPSA) is 137 Å². The van der Waals surface area contributed by atoms with Crippen molar-refractivity contribution in [1.82, 2.24) is 9.97 Å². The van der Waals surface area contributed by atoms with Gasteiger partial charge >= 0.3 is 0 Å². The summed E-state index contributed by atoms with van der Waals surface area (Å²) in [4.78, 5) is 22.1. The number of nitrogens with one attached hydrogen (secondary N) is 1. The Kier molecular flexibility index (Phi) is 8.47. The number of carbonyl (C=O) groups is 1. The summed E-state index contributed by atoms with van der Waals surface area (Å²) in [6.07, 6.45) is 4.30. The SMILES string of the molecule is COc1ccccc1C(O)c1cc(C(=O)c2cncnc2NC2CCC(COS(N)=O)C2)sc1Cl. The Hall–Kier alpha value is -2.41. The van der Waals surface area contributed by atoms with Crippen LogP contribution in [0.5, 0.6) is 5.75 Å². The number of aromatic nitrogens is 2. The van der Waals surface area contributed by atoms with Gasteiger partial charge in [0, 0.05) is 23.4 Å². The zero-order chi connectivity index (χ0) is 24.9. The Morgan fingerprint density at radius 2 is 2.17 bits per heavy atom. The molecule has 186 valence electrons. The number of nitrogens with two attached hydrogens (primary N) is 1. The summed E-state index contributed by atoms with van der Waals surface area (Å²) in [5.74, 6) is 0.873. The smallest absolute Gasteiger partial charge is 0.231 e. The quantitative estimate of drug-likeness (QED) is 0.334. The van der Waals surface area contributed by atoms with E-state index in [9.17, 15) is 14.1 Å². The molecule has 1 aromatic carbocycles. The first-order valence-electron chi connectivity index (χ1n) is 10.9. The first-order chi connectivity index (χ1) is 16.9. The standard InChI is InChI=1S/C23H25ClN4O5S2/c1-32-18-5-3-2-4-15(18)20(29)16-9-19(34-22(16)24)21(30)17-10-26-12-27-23(17)28-14-7-6-13(8-14)11-33-35(25)31/h2-5,9-10,12-14,20,29H,6-8,11,25H2,1H3,(H,26,27,28). The highest BCUT2D eigenvalue weighted by molar-refractivity contribution is 7.77. The third kappa shape index (κ3) is 6.05. The average Bonchev–Trinajstić information content (AvgIpc) is 3.48. The van der Waals surface area contributed by atoms with Crippen LogP contribution in [0.25, 0.3) is 0 Å². The molecule has 2 heterocycles. The van der Waals surface area contributed by atoms with E-state index in [2.05, 4.69) is 15.3 Å². The zero-order valence-corrected chi connectivity index (χ0v) is 21.2. The Morgan fingerprint density at radius 3 is 2.94 bits per heavy atom. The highest BCUT2D eigenvalue weighted by Crippen LogP contribution is 2.39. The van der Waals surface area contributed by atoms with Gasteiger partial charge in [0.1, 0.15) is 24.0 Å². The molecule has 3 aromatic rings. The second kappa shape index (κ2) is 11.5. The van der Waals surface area contributed by atoms with Crippen LogP contribution < -0.4 is 15.2 Å². The molecule has 0 amide bonds. The molecule has 12 heteroatoms. The number of carbonyl (C=O) groups excluding carboxylic acids is 1. The number of hydrogen-bond donors (Lipinski definition) is 3. The van der Waals surface area contributed by atoms with E-state index in [-0.39, 0.29) is 17.7 Å². The highest BCUT2D eigenvalue weighted by atomic mass is 35.5. The fourth-order valence-corrected chi connectivity index (χ4v) is 5.80. The van der Waals surface area contributed by atoms with Crippen molar-refractivity contribution < 1.29 is 23.0 Å². The molecule has 0 aliphatic heterocycles.